The topological polar surface area (TPSA) is 43.5 Å². The first-order chi connectivity index (χ1) is 20.3. The summed E-state index contributed by atoms with van der Waals surface area (Å²) in [6.45, 7) is 15.8. The Labute approximate surface area is 252 Å². The number of fused-ring (bicyclic) bond motifs is 2. The van der Waals surface area contributed by atoms with Crippen LogP contribution in [0.1, 0.15) is 79.9 Å². The third-order valence-electron chi connectivity index (χ3n) is 9.95. The highest BCUT2D eigenvalue weighted by Gasteiger charge is 2.44. The van der Waals surface area contributed by atoms with E-state index in [0.717, 1.165) is 60.8 Å². The van der Waals surface area contributed by atoms with Crippen LogP contribution in [0.4, 0.5) is 18.9 Å². The molecule has 0 radical (unpaired) electrons. The number of allylic oxidation sites excluding steroid dienone is 5. The molecule has 6 rings (SSSR count). The van der Waals surface area contributed by atoms with E-state index in [1.165, 1.54) is 0 Å². The van der Waals surface area contributed by atoms with E-state index in [1.54, 1.807) is 0 Å². The molecule has 43 heavy (non-hydrogen) atoms. The van der Waals surface area contributed by atoms with Crippen LogP contribution in [0.2, 0.25) is 13.1 Å². The van der Waals surface area contributed by atoms with Gasteiger partial charge in [0.2, 0.25) is 0 Å². The largest absolute Gasteiger partial charge is 0.478 e. The minimum atomic E-state index is -2.41. The number of benzene rings is 2. The van der Waals surface area contributed by atoms with Crippen LogP contribution < -0.4 is 10.1 Å². The first-order valence-corrected chi connectivity index (χ1v) is 18.4. The number of rotatable bonds is 5. The van der Waals surface area contributed by atoms with E-state index in [-0.39, 0.29) is 11.1 Å². The first-order valence-electron chi connectivity index (χ1n) is 15.4. The monoisotopic (exact) mass is 605 g/mol. The van der Waals surface area contributed by atoms with Crippen LogP contribution in [0.15, 0.2) is 47.2 Å². The van der Waals surface area contributed by atoms with E-state index < -0.39 is 48.4 Å². The lowest BCUT2D eigenvalue weighted by Gasteiger charge is -2.40. The van der Waals surface area contributed by atoms with Crippen molar-refractivity contribution in [2.45, 2.75) is 66.0 Å². The predicted octanol–water partition coefficient (Wildman–Crippen LogP) is 7.18. The minimum absolute atomic E-state index is 0.334. The number of hydrogen-bond acceptors (Lipinski definition) is 2. The van der Waals surface area contributed by atoms with Gasteiger partial charge in [0.05, 0.1) is 6.42 Å². The Hall–Kier alpha value is -3.39. The molecule has 1 atom stereocenters. The Bertz CT molecular complexity index is 1680. The van der Waals surface area contributed by atoms with E-state index >= 15 is 13.2 Å². The van der Waals surface area contributed by atoms with Crippen molar-refractivity contribution in [3.05, 3.63) is 86.9 Å². The molecule has 2 aromatic carbocycles. The number of carbonyl (C=O) groups is 1. The lowest BCUT2D eigenvalue weighted by Crippen LogP contribution is -2.50. The van der Waals surface area contributed by atoms with Crippen LogP contribution in [-0.4, -0.2) is 55.6 Å². The lowest BCUT2D eigenvalue weighted by atomic mass is 9.73. The smallest absolute Gasteiger partial charge is 0.339 e. The van der Waals surface area contributed by atoms with Crippen LogP contribution in [0.3, 0.4) is 0 Å². The summed E-state index contributed by atoms with van der Waals surface area (Å²) in [6.07, 6.45) is 8.70. The summed E-state index contributed by atoms with van der Waals surface area (Å²) in [5.41, 5.74) is 1.62. The molecule has 8 heteroatoms. The molecule has 4 aliphatic rings. The summed E-state index contributed by atoms with van der Waals surface area (Å²) in [5, 5.41) is 12.4. The van der Waals surface area contributed by atoms with Gasteiger partial charge in [-0.2, -0.15) is 0 Å². The van der Waals surface area contributed by atoms with Crippen molar-refractivity contribution in [2.75, 3.05) is 31.1 Å². The Morgan fingerprint density at radius 2 is 1.74 bits per heavy atom. The fraction of sp³-hybridized carbons (Fsp3) is 0.429. The number of carboxylic acid groups (broad SMARTS) is 1. The molecule has 0 spiro atoms. The summed E-state index contributed by atoms with van der Waals surface area (Å²) < 4.78 is 51.2. The zero-order chi connectivity index (χ0) is 31.0. The molecule has 4 nitrogen and oxygen atoms in total. The van der Waals surface area contributed by atoms with Gasteiger partial charge >= 0.3 is 5.97 Å². The second-order valence-corrected chi connectivity index (χ2v) is 18.2. The zero-order valence-electron chi connectivity index (χ0n) is 25.9. The number of hydrogen-bond donors (Lipinski definition) is 1. The highest BCUT2D eigenvalue weighted by molar-refractivity contribution is 6.98. The van der Waals surface area contributed by atoms with Crippen molar-refractivity contribution in [3.8, 4) is 0 Å². The van der Waals surface area contributed by atoms with Gasteiger partial charge < -0.3 is 10.0 Å². The summed E-state index contributed by atoms with van der Waals surface area (Å²) in [6, 6.07) is 6.10. The van der Waals surface area contributed by atoms with E-state index in [9.17, 15) is 9.90 Å². The molecule has 0 bridgehead atoms. The number of anilines is 1. The number of halogens is 3. The molecular weight excluding hydrogens is 565 g/mol. The van der Waals surface area contributed by atoms with Gasteiger partial charge in [-0.3, -0.25) is 0 Å². The quantitative estimate of drug-likeness (QED) is 0.223. The van der Waals surface area contributed by atoms with E-state index in [1.807, 2.05) is 52.0 Å². The number of aromatic carboxylic acids is 1. The molecule has 2 aromatic rings. The summed E-state index contributed by atoms with van der Waals surface area (Å²) >= 11 is 0. The van der Waals surface area contributed by atoms with Gasteiger partial charge in [-0.15, -0.1) is 0 Å². The normalized spacial score (nSPS) is 19.8. The van der Waals surface area contributed by atoms with Gasteiger partial charge in [-0.1, -0.05) is 46.9 Å². The minimum Gasteiger partial charge on any atom is -0.478 e. The molecular formula is C35H40F3N2O2Si+. The molecule has 2 fully saturated rings. The molecule has 1 N–H and O–H groups in total. The summed E-state index contributed by atoms with van der Waals surface area (Å²) in [4.78, 5) is 15.0. The van der Waals surface area contributed by atoms with Crippen molar-refractivity contribution in [2.24, 2.45) is 5.41 Å². The lowest BCUT2D eigenvalue weighted by molar-refractivity contribution is -0.582. The maximum atomic E-state index is 17.1. The third-order valence-corrected chi connectivity index (χ3v) is 13.5. The van der Waals surface area contributed by atoms with Gasteiger partial charge in [0.15, 0.2) is 17.3 Å². The zero-order valence-corrected chi connectivity index (χ0v) is 26.9. The van der Waals surface area contributed by atoms with Crippen LogP contribution in [-0.2, 0) is 0 Å². The molecule has 0 amide bonds. The van der Waals surface area contributed by atoms with E-state index in [4.69, 9.17) is 0 Å². The Balaban J connectivity index is 1.73. The molecule has 1 aliphatic carbocycles. The van der Waals surface area contributed by atoms with Crippen molar-refractivity contribution >= 4 is 36.2 Å². The molecule has 2 saturated heterocycles. The van der Waals surface area contributed by atoms with Crippen molar-refractivity contribution in [1.82, 2.24) is 0 Å². The van der Waals surface area contributed by atoms with Crippen LogP contribution in [0.5, 0.6) is 0 Å². The first kappa shape index (κ1) is 29.7. The third kappa shape index (κ3) is 4.55. The summed E-state index contributed by atoms with van der Waals surface area (Å²) in [5.74, 6) is -6.25. The predicted molar refractivity (Wildman–Crippen MR) is 169 cm³/mol. The molecule has 226 valence electrons. The molecule has 0 saturated carbocycles. The van der Waals surface area contributed by atoms with E-state index in [0.29, 0.717) is 23.1 Å². The highest BCUT2D eigenvalue weighted by Crippen LogP contribution is 2.48. The Morgan fingerprint density at radius 3 is 2.28 bits per heavy atom. The SMILES string of the molecule is CCC(c1c(F)c(F)c(C(=O)O)c(C2=C3C=CC(=[N+]4CCC4)C=C3[Si](C)(C)c3cc(N4CCC4)ccc32)c1F)C(C)(C)C. The van der Waals surface area contributed by atoms with Crippen molar-refractivity contribution in [3.63, 3.8) is 0 Å². The van der Waals surface area contributed by atoms with Crippen LogP contribution in [0.25, 0.3) is 5.57 Å². The molecule has 1 unspecified atom stereocenters. The molecule has 0 aromatic heterocycles. The average Bonchev–Trinajstić information content (AvgIpc) is 2.87. The standard InChI is InChI=1S/C35H39F3N2O2Si/c1-7-24(35(2,3)4)28-31(36)29(30(34(41)42)33(38)32(28)37)27-22-12-10-20(39-14-8-15-39)18-25(22)43(5,6)26-19-21(11-13-23(26)27)40-16-9-17-40/h10-13,18-19,24H,7-9,14-17H2,1-6H3/p+1. The molecule has 3 aliphatic heterocycles. The van der Waals surface area contributed by atoms with E-state index in [2.05, 4.69) is 34.7 Å². The van der Waals surface area contributed by atoms with Crippen LogP contribution in [0, 0.1) is 22.9 Å². The van der Waals surface area contributed by atoms with Gasteiger partial charge in [-0.25, -0.2) is 22.5 Å². The van der Waals surface area contributed by atoms with Crippen LogP contribution >= 0.6 is 0 Å². The van der Waals surface area contributed by atoms with Crippen molar-refractivity contribution < 1.29 is 27.6 Å². The highest BCUT2D eigenvalue weighted by atomic mass is 28.3. The second-order valence-electron chi connectivity index (χ2n) is 13.9. The average molecular weight is 606 g/mol. The maximum Gasteiger partial charge on any atom is 0.339 e. The molecule has 3 heterocycles. The Morgan fingerprint density at radius 1 is 1.05 bits per heavy atom. The fourth-order valence-electron chi connectivity index (χ4n) is 7.31. The fourth-order valence-corrected chi connectivity index (χ4v) is 10.4. The second kappa shape index (κ2) is 10.4. The van der Waals surface area contributed by atoms with Gasteiger partial charge in [-0.05, 0) is 69.5 Å². The summed E-state index contributed by atoms with van der Waals surface area (Å²) in [7, 11) is -2.41. The van der Waals surface area contributed by atoms with Gasteiger partial charge in [0.1, 0.15) is 32.5 Å². The number of nitrogens with zero attached hydrogens (tertiary/aromatic N) is 2. The maximum absolute atomic E-state index is 17.1. The van der Waals surface area contributed by atoms with Gasteiger partial charge in [0, 0.05) is 42.1 Å². The van der Waals surface area contributed by atoms with Crippen molar-refractivity contribution in [1.29, 1.82) is 0 Å². The number of carboxylic acids is 1. The van der Waals surface area contributed by atoms with Gasteiger partial charge in [0.25, 0.3) is 0 Å². The Kier molecular flexibility index (Phi) is 7.15.